The number of carbonyl (C=O) groups is 1. The van der Waals surface area contributed by atoms with Gasteiger partial charge in [-0.3, -0.25) is 4.79 Å². The Morgan fingerprint density at radius 1 is 1.26 bits per heavy atom. The van der Waals surface area contributed by atoms with Crippen LogP contribution in [0.2, 0.25) is 6.32 Å². The summed E-state index contributed by atoms with van der Waals surface area (Å²) in [5.74, 6) is -0.101. The van der Waals surface area contributed by atoms with Gasteiger partial charge in [-0.1, -0.05) is 49.5 Å². The molecule has 1 saturated carbocycles. The second kappa shape index (κ2) is 12.9. The summed E-state index contributed by atoms with van der Waals surface area (Å²) in [7, 11) is 5.62. The van der Waals surface area contributed by atoms with Gasteiger partial charge in [0.05, 0.1) is 5.60 Å². The quantitative estimate of drug-likeness (QED) is 0.214. The van der Waals surface area contributed by atoms with Crippen molar-refractivity contribution in [1.82, 2.24) is 5.32 Å². The number of esters is 1. The van der Waals surface area contributed by atoms with Gasteiger partial charge in [0, 0.05) is 4.75 Å². The van der Waals surface area contributed by atoms with Crippen molar-refractivity contribution in [2.75, 3.05) is 14.1 Å². The summed E-state index contributed by atoms with van der Waals surface area (Å²) in [4.78, 5) is 12.7. The van der Waals surface area contributed by atoms with Crippen LogP contribution in [0.1, 0.15) is 65.4 Å². The normalized spacial score (nSPS) is 21.2. The summed E-state index contributed by atoms with van der Waals surface area (Å²) in [5.41, 5.74) is 6.30. The maximum absolute atomic E-state index is 12.7. The van der Waals surface area contributed by atoms with Gasteiger partial charge in [-0.15, -0.1) is 0 Å². The first kappa shape index (κ1) is 28.0. The van der Waals surface area contributed by atoms with Crippen molar-refractivity contribution in [3.05, 3.63) is 35.9 Å². The largest absolute Gasteiger partial charge is 0.459 e. The molecule has 3 N–H and O–H groups in total. The monoisotopic (exact) mass is 449 g/mol. The topological polar surface area (TPSA) is 73.6 Å². The molecule has 0 heterocycles. The van der Waals surface area contributed by atoms with Gasteiger partial charge in [0.1, 0.15) is 12.1 Å². The highest BCUT2D eigenvalue weighted by Crippen LogP contribution is 2.38. The zero-order chi connectivity index (χ0) is 23.5. The van der Waals surface area contributed by atoms with Crippen LogP contribution in [-0.2, 0) is 20.8 Å². The maximum atomic E-state index is 12.7. The minimum Gasteiger partial charge on any atom is -0.459 e. The number of rotatable bonds is 10. The molecule has 0 amide bonds. The third-order valence-electron chi connectivity index (χ3n) is 6.19. The molecule has 1 aromatic rings. The average Bonchev–Trinajstić information content (AvgIpc) is 3.08. The molecular weight excluding hydrogens is 407 g/mol. The molecule has 0 spiro atoms. The second-order valence-corrected chi connectivity index (χ2v) is 10.6. The molecule has 0 bridgehead atoms. The molecule has 2 unspecified atom stereocenters. The van der Waals surface area contributed by atoms with E-state index in [0.29, 0.717) is 6.42 Å². The molecule has 5 nitrogen and oxygen atoms in total. The molecule has 1 aromatic carbocycles. The smallest absolute Gasteiger partial charge is 0.326 e. The van der Waals surface area contributed by atoms with Crippen LogP contribution in [0.15, 0.2) is 30.3 Å². The molecule has 0 aliphatic heterocycles. The summed E-state index contributed by atoms with van der Waals surface area (Å²) in [6, 6.07) is 9.73. The third kappa shape index (κ3) is 8.80. The third-order valence-corrected chi connectivity index (χ3v) is 6.73. The van der Waals surface area contributed by atoms with Crippen molar-refractivity contribution in [2.45, 2.75) is 88.6 Å². The molecule has 2 rings (SSSR count). The van der Waals surface area contributed by atoms with Crippen LogP contribution in [0.5, 0.6) is 0 Å². The van der Waals surface area contributed by atoms with E-state index in [1.807, 2.05) is 79.6 Å². The van der Waals surface area contributed by atoms with Crippen LogP contribution in [0, 0.1) is 5.92 Å². The molecule has 7 heteroatoms. The second-order valence-electron chi connectivity index (χ2n) is 9.48. The van der Waals surface area contributed by atoms with Gasteiger partial charge in [0.15, 0.2) is 0 Å². The predicted molar refractivity (Wildman–Crippen MR) is 134 cm³/mol. The number of thiol groups is 1. The fraction of sp³-hybridized carbons (Fsp3) is 0.708. The first-order valence-electron chi connectivity index (χ1n) is 11.3. The first-order valence-corrected chi connectivity index (χ1v) is 11.7. The fourth-order valence-electron chi connectivity index (χ4n) is 3.49. The molecule has 31 heavy (non-hydrogen) atoms. The summed E-state index contributed by atoms with van der Waals surface area (Å²) in [6.07, 6.45) is 5.33. The van der Waals surface area contributed by atoms with E-state index in [4.69, 9.17) is 15.1 Å². The number of carbonyl (C=O) groups excluding carboxylic acids is 1. The van der Waals surface area contributed by atoms with E-state index in [1.54, 1.807) is 0 Å². The number of ether oxygens (including phenoxy) is 1. The van der Waals surface area contributed by atoms with E-state index in [0.717, 1.165) is 37.6 Å². The van der Waals surface area contributed by atoms with Gasteiger partial charge in [0.25, 0.3) is 7.48 Å². The number of benzene rings is 1. The van der Waals surface area contributed by atoms with Crippen molar-refractivity contribution in [1.29, 1.82) is 0 Å². The highest BCUT2D eigenvalue weighted by molar-refractivity contribution is 7.81. The van der Waals surface area contributed by atoms with E-state index >= 15 is 0 Å². The SMILES string of the molecule is CC(C)(S)C(C)(C)O[B]CCCC1CCCC1(N)C(=O)OCc1ccccc1.CNC. The fourth-order valence-corrected chi connectivity index (χ4v) is 3.54. The van der Waals surface area contributed by atoms with Crippen LogP contribution in [0.25, 0.3) is 0 Å². The lowest BCUT2D eigenvalue weighted by Crippen LogP contribution is -2.52. The molecule has 2 atom stereocenters. The zero-order valence-corrected chi connectivity index (χ0v) is 21.1. The van der Waals surface area contributed by atoms with E-state index in [9.17, 15) is 4.79 Å². The Bertz CT molecular complexity index is 652. The lowest BCUT2D eigenvalue weighted by Gasteiger charge is -2.38. The molecule has 1 aliphatic rings. The Morgan fingerprint density at radius 2 is 1.87 bits per heavy atom. The van der Waals surface area contributed by atoms with E-state index < -0.39 is 5.54 Å². The highest BCUT2D eigenvalue weighted by Gasteiger charge is 2.46. The Hall–Kier alpha value is -1.02. The predicted octanol–water partition coefficient (Wildman–Crippen LogP) is 4.38. The number of nitrogens with two attached hydrogens (primary N) is 1. The van der Waals surface area contributed by atoms with Crippen LogP contribution < -0.4 is 11.1 Å². The van der Waals surface area contributed by atoms with Crippen molar-refractivity contribution in [2.24, 2.45) is 11.7 Å². The average molecular weight is 449 g/mol. The van der Waals surface area contributed by atoms with Gasteiger partial charge < -0.3 is 20.4 Å². The number of nitrogens with one attached hydrogen (secondary N) is 1. The van der Waals surface area contributed by atoms with Crippen LogP contribution in [-0.4, -0.2) is 43.4 Å². The molecular formula is C24H42BN2O3S. The van der Waals surface area contributed by atoms with Crippen LogP contribution in [0.3, 0.4) is 0 Å². The van der Waals surface area contributed by atoms with E-state index in [2.05, 4.69) is 17.9 Å². The molecule has 1 aliphatic carbocycles. The summed E-state index contributed by atoms with van der Waals surface area (Å²) in [6.45, 7) is 8.46. The molecule has 175 valence electrons. The van der Waals surface area contributed by atoms with Gasteiger partial charge in [-0.25, -0.2) is 0 Å². The number of hydrogen-bond acceptors (Lipinski definition) is 6. The minimum atomic E-state index is -0.859. The van der Waals surface area contributed by atoms with Crippen LogP contribution in [0.4, 0.5) is 0 Å². The van der Waals surface area contributed by atoms with Gasteiger partial charge >= 0.3 is 5.97 Å². The van der Waals surface area contributed by atoms with Gasteiger partial charge in [-0.2, -0.15) is 12.6 Å². The molecule has 0 aromatic heterocycles. The van der Waals surface area contributed by atoms with E-state index in [-0.39, 0.29) is 28.8 Å². The lowest BCUT2D eigenvalue weighted by atomic mass is 9.80. The standard InChI is InChI=1S/C22H35BNO3S.C2H7N/c1-20(2,21(3,4)28)27-23-15-9-13-18-12-8-14-22(18,24)19(25)26-16-17-10-6-5-7-11-17;1-3-2/h5-7,10-11,18,28H,8-9,12-16,24H2,1-4H3;3H,1-2H3. The zero-order valence-electron chi connectivity index (χ0n) is 20.2. The Kier molecular flexibility index (Phi) is 11.6. The van der Waals surface area contributed by atoms with Crippen molar-refractivity contribution >= 4 is 26.1 Å². The molecule has 0 saturated heterocycles. The van der Waals surface area contributed by atoms with Gasteiger partial charge in [-0.05, 0) is 72.5 Å². The summed E-state index contributed by atoms with van der Waals surface area (Å²) in [5, 5.41) is 2.75. The van der Waals surface area contributed by atoms with Crippen LogP contribution >= 0.6 is 12.6 Å². The van der Waals surface area contributed by atoms with Crippen molar-refractivity contribution in [3.8, 4) is 0 Å². The molecule has 1 radical (unpaired) electrons. The highest BCUT2D eigenvalue weighted by atomic mass is 32.1. The maximum Gasteiger partial charge on any atom is 0.326 e. The summed E-state index contributed by atoms with van der Waals surface area (Å²) < 4.78 is 11.2. The Labute approximate surface area is 195 Å². The minimum absolute atomic E-state index is 0.165. The Balaban J connectivity index is 0.00000151. The Morgan fingerprint density at radius 3 is 2.45 bits per heavy atom. The van der Waals surface area contributed by atoms with Crippen molar-refractivity contribution in [3.63, 3.8) is 0 Å². The number of hydrogen-bond donors (Lipinski definition) is 3. The first-order chi connectivity index (χ1) is 14.5. The van der Waals surface area contributed by atoms with E-state index in [1.165, 1.54) is 0 Å². The van der Waals surface area contributed by atoms with Gasteiger partial charge in [0.2, 0.25) is 0 Å². The van der Waals surface area contributed by atoms with Crippen molar-refractivity contribution < 1.29 is 14.2 Å². The molecule has 1 fully saturated rings. The lowest BCUT2D eigenvalue weighted by molar-refractivity contribution is -0.153. The summed E-state index contributed by atoms with van der Waals surface area (Å²) >= 11 is 4.61.